The van der Waals surface area contributed by atoms with E-state index in [1.807, 2.05) is 35.6 Å². The predicted octanol–water partition coefficient (Wildman–Crippen LogP) is 13.8. The quantitative estimate of drug-likeness (QED) is 0.176. The Bertz CT molecular complexity index is 3240. The van der Waals surface area contributed by atoms with Crippen LogP contribution in [-0.4, -0.2) is 15.0 Å². The summed E-state index contributed by atoms with van der Waals surface area (Å²) in [6.45, 7) is 0. The first kappa shape index (κ1) is 32.9. The minimum atomic E-state index is -0.433. The number of thiophene rings is 1. The smallest absolute Gasteiger partial charge is 0.164 e. The van der Waals surface area contributed by atoms with Crippen LogP contribution in [0.2, 0.25) is 0 Å². The summed E-state index contributed by atoms with van der Waals surface area (Å²) >= 11 is 1.94. The fourth-order valence-corrected chi connectivity index (χ4v) is 10.9. The van der Waals surface area contributed by atoms with Gasteiger partial charge in [0.05, 0.1) is 5.41 Å². The maximum absolute atomic E-state index is 5.26. The lowest BCUT2D eigenvalue weighted by Crippen LogP contribution is -2.24. The minimum Gasteiger partial charge on any atom is -0.208 e. The number of aromatic nitrogens is 3. The first-order valence-corrected chi connectivity index (χ1v) is 20.5. The summed E-state index contributed by atoms with van der Waals surface area (Å²) in [6, 6.07) is 71.8. The number of benzene rings is 8. The maximum Gasteiger partial charge on any atom is 0.164 e. The van der Waals surface area contributed by atoms with Gasteiger partial charge in [-0.3, -0.25) is 0 Å². The summed E-state index contributed by atoms with van der Waals surface area (Å²) in [7, 11) is 0. The molecule has 2 aromatic heterocycles. The van der Waals surface area contributed by atoms with Crippen molar-refractivity contribution in [1.29, 1.82) is 0 Å². The Morgan fingerprint density at radius 1 is 0.328 bits per heavy atom. The molecule has 0 radical (unpaired) electrons. The number of nitrogens with zero attached hydrogens (tertiary/aromatic N) is 3. The normalized spacial score (nSPS) is 14.6. The van der Waals surface area contributed by atoms with Crippen LogP contribution in [0.3, 0.4) is 0 Å². The second kappa shape index (κ2) is 12.9. The SMILES string of the molecule is c1ccc(-c2cccc(-c3nc(-c4ccccc4)nc(-c4ccccc4-c4ccc5c(c4)C4(c6ccccc6-5)c5ccccc5-c5c4sc4ccccc54)n3)c2)cc1. The van der Waals surface area contributed by atoms with Crippen LogP contribution in [0.15, 0.2) is 200 Å². The molecule has 0 saturated carbocycles. The molecule has 2 heterocycles. The van der Waals surface area contributed by atoms with Crippen LogP contribution in [0.5, 0.6) is 0 Å². The Hall–Kier alpha value is -7.27. The van der Waals surface area contributed by atoms with E-state index in [-0.39, 0.29) is 0 Å². The van der Waals surface area contributed by atoms with Crippen molar-refractivity contribution >= 4 is 21.4 Å². The van der Waals surface area contributed by atoms with Gasteiger partial charge in [0, 0.05) is 37.2 Å². The van der Waals surface area contributed by atoms with Crippen LogP contribution >= 0.6 is 11.3 Å². The van der Waals surface area contributed by atoms with Gasteiger partial charge in [-0.15, -0.1) is 11.3 Å². The van der Waals surface area contributed by atoms with E-state index in [4.69, 9.17) is 15.0 Å². The lowest BCUT2D eigenvalue weighted by molar-refractivity contribution is 0.812. The third-order valence-electron chi connectivity index (χ3n) is 12.0. The van der Waals surface area contributed by atoms with Gasteiger partial charge in [0.1, 0.15) is 0 Å². The van der Waals surface area contributed by atoms with E-state index in [2.05, 4.69) is 176 Å². The third-order valence-corrected chi connectivity index (χ3v) is 13.2. The molecular weight excluding hydrogens is 723 g/mol. The molecule has 270 valence electrons. The molecule has 4 heteroatoms. The van der Waals surface area contributed by atoms with Crippen molar-refractivity contribution in [2.75, 3.05) is 0 Å². The van der Waals surface area contributed by atoms with Crippen LogP contribution < -0.4 is 0 Å². The van der Waals surface area contributed by atoms with E-state index in [9.17, 15) is 0 Å². The molecular formula is C54H33N3S. The van der Waals surface area contributed by atoms with Gasteiger partial charge in [-0.25, -0.2) is 15.0 Å². The van der Waals surface area contributed by atoms with Crippen molar-refractivity contribution in [2.45, 2.75) is 5.41 Å². The van der Waals surface area contributed by atoms with E-state index in [0.717, 1.165) is 38.9 Å². The highest BCUT2D eigenvalue weighted by atomic mass is 32.1. The van der Waals surface area contributed by atoms with Gasteiger partial charge in [-0.2, -0.15) is 0 Å². The summed E-state index contributed by atoms with van der Waals surface area (Å²) in [5.74, 6) is 1.92. The van der Waals surface area contributed by atoms with Crippen LogP contribution in [0.25, 0.3) is 88.8 Å². The molecule has 10 aromatic rings. The van der Waals surface area contributed by atoms with E-state index >= 15 is 0 Å². The molecule has 1 spiro atoms. The zero-order chi connectivity index (χ0) is 38.2. The second-order valence-corrected chi connectivity index (χ2v) is 16.1. The average Bonchev–Trinajstić information content (AvgIpc) is 3.93. The van der Waals surface area contributed by atoms with Gasteiger partial charge < -0.3 is 0 Å². The van der Waals surface area contributed by atoms with Gasteiger partial charge in [0.25, 0.3) is 0 Å². The molecule has 58 heavy (non-hydrogen) atoms. The highest BCUT2D eigenvalue weighted by Crippen LogP contribution is 2.66. The Kier molecular flexibility index (Phi) is 7.31. The standard InChI is InChI=1S/C54H33N3S/c1-3-16-34(17-4-1)36-20-15-21-38(32-36)52-55-51(35-18-5-2-6-19-35)56-53(57-52)42-24-8-7-22-39(42)37-30-31-41-40-23-9-12-27-45(40)54(47(41)33-37)46-28-13-10-25-43(46)49-44-26-11-14-29-48(44)58-50(49)54/h1-33H. The van der Waals surface area contributed by atoms with Crippen molar-refractivity contribution < 1.29 is 0 Å². The highest BCUT2D eigenvalue weighted by Gasteiger charge is 2.53. The number of hydrogen-bond donors (Lipinski definition) is 0. The van der Waals surface area contributed by atoms with Gasteiger partial charge in [0.15, 0.2) is 17.5 Å². The van der Waals surface area contributed by atoms with E-state index in [0.29, 0.717) is 17.5 Å². The Balaban J connectivity index is 1.07. The topological polar surface area (TPSA) is 38.7 Å². The molecule has 1 atom stereocenters. The van der Waals surface area contributed by atoms with Gasteiger partial charge in [-0.05, 0) is 73.8 Å². The monoisotopic (exact) mass is 755 g/mol. The largest absolute Gasteiger partial charge is 0.208 e. The summed E-state index contributed by atoms with van der Waals surface area (Å²) in [5.41, 5.74) is 16.2. The zero-order valence-electron chi connectivity index (χ0n) is 31.3. The van der Waals surface area contributed by atoms with Crippen molar-refractivity contribution in [3.63, 3.8) is 0 Å². The molecule has 0 amide bonds. The number of hydrogen-bond acceptors (Lipinski definition) is 4. The highest BCUT2D eigenvalue weighted by molar-refractivity contribution is 7.20. The molecule has 1 unspecified atom stereocenters. The van der Waals surface area contributed by atoms with Crippen molar-refractivity contribution in [3.05, 3.63) is 222 Å². The van der Waals surface area contributed by atoms with Crippen LogP contribution in [0.1, 0.15) is 21.6 Å². The third kappa shape index (κ3) is 4.82. The summed E-state index contributed by atoms with van der Waals surface area (Å²) in [4.78, 5) is 17.0. The fourth-order valence-electron chi connectivity index (χ4n) is 9.45. The summed E-state index contributed by atoms with van der Waals surface area (Å²) in [5, 5.41) is 1.33. The van der Waals surface area contributed by atoms with Gasteiger partial charge in [0.2, 0.25) is 0 Å². The van der Waals surface area contributed by atoms with Crippen LogP contribution in [0.4, 0.5) is 0 Å². The summed E-state index contributed by atoms with van der Waals surface area (Å²) < 4.78 is 1.32. The van der Waals surface area contributed by atoms with E-state index < -0.39 is 5.41 Å². The first-order chi connectivity index (χ1) is 28.8. The zero-order valence-corrected chi connectivity index (χ0v) is 32.1. The van der Waals surface area contributed by atoms with Gasteiger partial charge >= 0.3 is 0 Å². The predicted molar refractivity (Wildman–Crippen MR) is 239 cm³/mol. The molecule has 0 N–H and O–H groups in total. The molecule has 2 aliphatic rings. The van der Waals surface area contributed by atoms with Gasteiger partial charge in [-0.1, -0.05) is 182 Å². The summed E-state index contributed by atoms with van der Waals surface area (Å²) in [6.07, 6.45) is 0. The molecule has 0 fully saturated rings. The first-order valence-electron chi connectivity index (χ1n) is 19.7. The lowest BCUT2D eigenvalue weighted by atomic mass is 9.73. The Morgan fingerprint density at radius 3 is 1.67 bits per heavy atom. The van der Waals surface area contributed by atoms with Crippen molar-refractivity contribution in [3.8, 4) is 78.7 Å². The molecule has 0 saturated heterocycles. The molecule has 3 nitrogen and oxygen atoms in total. The van der Waals surface area contributed by atoms with E-state index in [1.54, 1.807) is 0 Å². The molecule has 2 aliphatic carbocycles. The van der Waals surface area contributed by atoms with E-state index in [1.165, 1.54) is 53.9 Å². The number of rotatable bonds is 5. The maximum atomic E-state index is 5.26. The molecule has 8 aromatic carbocycles. The lowest BCUT2D eigenvalue weighted by Gasteiger charge is -2.29. The molecule has 12 rings (SSSR count). The molecule has 0 aliphatic heterocycles. The minimum absolute atomic E-state index is 0.433. The second-order valence-electron chi connectivity index (χ2n) is 15.1. The van der Waals surface area contributed by atoms with Crippen molar-refractivity contribution in [2.24, 2.45) is 0 Å². The Morgan fingerprint density at radius 2 is 0.879 bits per heavy atom. The van der Waals surface area contributed by atoms with Crippen LogP contribution in [-0.2, 0) is 5.41 Å². The fraction of sp³-hybridized carbons (Fsp3) is 0.0185. The average molecular weight is 756 g/mol. The number of fused-ring (bicyclic) bond motifs is 12. The molecule has 0 bridgehead atoms. The van der Waals surface area contributed by atoms with Crippen LogP contribution in [0, 0.1) is 0 Å². The Labute approximate surface area is 340 Å². The van der Waals surface area contributed by atoms with Crippen molar-refractivity contribution in [1.82, 2.24) is 15.0 Å².